The zero-order valence-corrected chi connectivity index (χ0v) is 22.7. The van der Waals surface area contributed by atoms with E-state index in [4.69, 9.17) is 23.8 Å². The monoisotopic (exact) mass is 663 g/mol. The quantitative estimate of drug-likeness (QED) is 0.147. The fraction of sp³-hybridized carbons (Fsp3) is 0.875. The Morgan fingerprint density at radius 3 is 2.44 bits per heavy atom. The van der Waals surface area contributed by atoms with Crippen molar-refractivity contribution in [3.8, 4) is 6.07 Å². The van der Waals surface area contributed by atoms with E-state index in [9.17, 15) is 0 Å². The normalized spacial score (nSPS) is 24.6. The van der Waals surface area contributed by atoms with Crippen LogP contribution in [0.2, 0.25) is 10.6 Å². The third kappa shape index (κ3) is 8.45. The van der Waals surface area contributed by atoms with Crippen LogP contribution < -0.4 is 0 Å². The van der Waals surface area contributed by atoms with Crippen molar-refractivity contribution in [1.29, 1.82) is 5.26 Å². The molecule has 0 spiro atoms. The summed E-state index contributed by atoms with van der Waals surface area (Å²) >= 11 is 0.376. The van der Waals surface area contributed by atoms with Gasteiger partial charge in [0.1, 0.15) is 0 Å². The van der Waals surface area contributed by atoms with Crippen LogP contribution >= 0.6 is 8.53 Å². The number of methoxy groups -OCH3 is 1. The number of nitriles is 1. The number of nitrogens with zero attached hydrogens (tertiary/aromatic N) is 2. The second kappa shape index (κ2) is 14.3. The molecule has 1 aliphatic heterocycles. The predicted molar refractivity (Wildman–Crippen MR) is 96.5 cm³/mol. The van der Waals surface area contributed by atoms with Crippen molar-refractivity contribution in [2.75, 3.05) is 20.3 Å². The first-order valence-electron chi connectivity index (χ1n) is 8.21. The second-order valence-corrected chi connectivity index (χ2v) is 9.62. The summed E-state index contributed by atoms with van der Waals surface area (Å²) < 4.78 is 25.7. The molecule has 9 heteroatoms. The zero-order valence-electron chi connectivity index (χ0n) is 16.0. The largest absolute Gasteiger partial charge is 0 e. The van der Waals surface area contributed by atoms with Gasteiger partial charge in [0.05, 0.1) is 0 Å². The van der Waals surface area contributed by atoms with E-state index in [-0.39, 0.29) is 60.2 Å². The van der Waals surface area contributed by atoms with Crippen LogP contribution in [0, 0.1) is 49.1 Å². The molecule has 1 aliphatic rings. The van der Waals surface area contributed by atoms with Gasteiger partial charge in [-0.2, -0.15) is 0 Å². The maximum atomic E-state index is 8.80. The van der Waals surface area contributed by atoms with Crippen LogP contribution in [0.25, 0.3) is 0 Å². The Morgan fingerprint density at radius 1 is 1.32 bits per heavy atom. The average Bonchev–Trinajstić information content (AvgIpc) is 2.89. The van der Waals surface area contributed by atoms with Gasteiger partial charge in [0, 0.05) is 31.1 Å². The van der Waals surface area contributed by atoms with Crippen LogP contribution in [0.1, 0.15) is 34.1 Å². The molecule has 0 aromatic carbocycles. The van der Waals surface area contributed by atoms with Crippen molar-refractivity contribution < 1.29 is 49.6 Å². The topological polar surface area (TPSA) is 64.0 Å². The zero-order chi connectivity index (χ0) is 18.1. The molecule has 0 aliphatic carbocycles. The van der Waals surface area contributed by atoms with Crippen LogP contribution in [0.5, 0.6) is 0 Å². The molecule has 1 fully saturated rings. The molecule has 1 heterocycles. The fourth-order valence-corrected chi connectivity index (χ4v) is 5.94. The standard InChI is InChI=1S/C16H30N2O4PSe.U/c1-12(2)18(13(3)4)23(21-9-7-8-17)22-16-14(10-19-5)20-11-15(16)24-6;/h11-16H,7,9-10H2,1-6H3;/q-1;/t14-,15?,16+,23?;/m1./s1. The SMILES string of the molecule is COC[C@H]1O[CH-]C([Se]C)[C@H]1OP(OCCC#N)N(C(C)C)C(C)C.[U]. The second-order valence-electron chi connectivity index (χ2n) is 6.08. The summed E-state index contributed by atoms with van der Waals surface area (Å²) in [5.41, 5.74) is 0. The number of hydrogen-bond acceptors (Lipinski definition) is 6. The number of ether oxygens (including phenoxy) is 2. The van der Waals surface area contributed by atoms with Gasteiger partial charge in [-0.25, -0.2) is 0 Å². The van der Waals surface area contributed by atoms with Gasteiger partial charge >= 0.3 is 154 Å². The van der Waals surface area contributed by atoms with Crippen molar-refractivity contribution in [1.82, 2.24) is 4.67 Å². The molecule has 0 aromatic heterocycles. The van der Waals surface area contributed by atoms with Gasteiger partial charge < -0.3 is 0 Å². The van der Waals surface area contributed by atoms with Gasteiger partial charge in [0.25, 0.3) is 0 Å². The van der Waals surface area contributed by atoms with Crippen molar-refractivity contribution in [3.05, 3.63) is 6.61 Å². The Bertz CT molecular complexity index is 393. The fourth-order valence-electron chi connectivity index (χ4n) is 2.56. The molecule has 0 radical (unpaired) electrons. The summed E-state index contributed by atoms with van der Waals surface area (Å²) in [6.45, 7) is 11.3. The third-order valence-electron chi connectivity index (χ3n) is 3.56. The first-order valence-corrected chi connectivity index (χ1v) is 12.0. The molecule has 0 saturated carbocycles. The average molecular weight is 662 g/mol. The molecule has 4 atom stereocenters. The van der Waals surface area contributed by atoms with Crippen LogP contribution in [0.3, 0.4) is 0 Å². The van der Waals surface area contributed by atoms with Gasteiger partial charge in [-0.05, 0) is 0 Å². The molecule has 1 saturated heterocycles. The maximum Gasteiger partial charge on any atom is 0 e. The van der Waals surface area contributed by atoms with Crippen LogP contribution in [-0.2, 0) is 18.5 Å². The molecule has 0 N–H and O–H groups in total. The number of rotatable bonds is 11. The molecule has 0 aromatic rings. The third-order valence-corrected chi connectivity index (χ3v) is 7.62. The molecule has 6 nitrogen and oxygen atoms in total. The molecule has 0 amide bonds. The Morgan fingerprint density at radius 2 is 1.96 bits per heavy atom. The summed E-state index contributed by atoms with van der Waals surface area (Å²) in [7, 11) is 0.414. The van der Waals surface area contributed by atoms with E-state index in [0.717, 1.165) is 0 Å². The van der Waals surface area contributed by atoms with E-state index in [0.29, 0.717) is 34.6 Å². The van der Waals surface area contributed by atoms with Crippen molar-refractivity contribution >= 4 is 23.5 Å². The van der Waals surface area contributed by atoms with Crippen molar-refractivity contribution in [2.24, 2.45) is 0 Å². The molecular formula is C16H30N2O4PSeU-. The Hall–Kier alpha value is 1.29. The van der Waals surface area contributed by atoms with Gasteiger partial charge in [-0.3, -0.25) is 0 Å². The Balaban J connectivity index is 0.00000576. The summed E-state index contributed by atoms with van der Waals surface area (Å²) in [5.74, 6) is 2.19. The van der Waals surface area contributed by atoms with Crippen LogP contribution in [0.15, 0.2) is 0 Å². The van der Waals surface area contributed by atoms with E-state index >= 15 is 0 Å². The molecule has 0 bridgehead atoms. The summed E-state index contributed by atoms with van der Waals surface area (Å²) in [5, 5.41) is 8.80. The first kappa shape index (κ1) is 26.3. The summed E-state index contributed by atoms with van der Waals surface area (Å²) in [6.07, 6.45) is 0.193. The maximum absolute atomic E-state index is 8.80. The van der Waals surface area contributed by atoms with E-state index in [2.05, 4.69) is 44.3 Å². The first-order chi connectivity index (χ1) is 11.5. The minimum absolute atomic E-state index is 0. The van der Waals surface area contributed by atoms with E-state index in [1.54, 1.807) is 7.11 Å². The molecule has 25 heavy (non-hydrogen) atoms. The molecule has 2 unspecified atom stereocenters. The van der Waals surface area contributed by atoms with E-state index in [1.165, 1.54) is 0 Å². The Labute approximate surface area is 184 Å². The summed E-state index contributed by atoms with van der Waals surface area (Å²) in [4.78, 5) is 0.281. The van der Waals surface area contributed by atoms with Gasteiger partial charge in [-0.15, -0.1) is 0 Å². The summed E-state index contributed by atoms with van der Waals surface area (Å²) in [6, 6.07) is 2.70. The Kier molecular flexibility index (Phi) is 15.1. The van der Waals surface area contributed by atoms with Gasteiger partial charge in [-0.1, -0.05) is 0 Å². The van der Waals surface area contributed by atoms with Crippen molar-refractivity contribution in [2.45, 2.75) is 69.0 Å². The number of hydrogen-bond donors (Lipinski definition) is 0. The minimum atomic E-state index is -1.26. The minimum Gasteiger partial charge on any atom is 0 e. The smallest absolute Gasteiger partial charge is 0 e. The van der Waals surface area contributed by atoms with E-state index in [1.807, 2.05) is 6.61 Å². The van der Waals surface area contributed by atoms with Gasteiger partial charge in [0.2, 0.25) is 0 Å². The van der Waals surface area contributed by atoms with Crippen LogP contribution in [-0.4, -0.2) is 64.2 Å². The van der Waals surface area contributed by atoms with Gasteiger partial charge in [0.15, 0.2) is 0 Å². The van der Waals surface area contributed by atoms with Crippen LogP contribution in [0.4, 0.5) is 0 Å². The molecule has 144 valence electrons. The van der Waals surface area contributed by atoms with Crippen molar-refractivity contribution in [3.63, 3.8) is 0 Å². The molecule has 1 rings (SSSR count). The van der Waals surface area contributed by atoms with E-state index < -0.39 is 8.53 Å². The predicted octanol–water partition coefficient (Wildman–Crippen LogP) is 3.40. The molecular weight excluding hydrogens is 632 g/mol.